The Morgan fingerprint density at radius 1 is 1.33 bits per heavy atom. The maximum Gasteiger partial charge on any atom is 0.0701 e. The van der Waals surface area contributed by atoms with Gasteiger partial charge in [0.2, 0.25) is 0 Å². The second-order valence-corrected chi connectivity index (χ2v) is 7.69. The summed E-state index contributed by atoms with van der Waals surface area (Å²) in [5, 5.41) is 0. The number of likely N-dealkylation sites (tertiary alicyclic amines) is 1. The monoisotopic (exact) mass is 287 g/mol. The van der Waals surface area contributed by atoms with Gasteiger partial charge in [-0.15, -0.1) is 11.3 Å². The molecule has 15 heavy (non-hydrogen) atoms. The molecular formula is C12H18BrNS. The van der Waals surface area contributed by atoms with Crippen LogP contribution in [0.25, 0.3) is 0 Å². The molecule has 0 bridgehead atoms. The van der Waals surface area contributed by atoms with Crippen molar-refractivity contribution in [1.29, 1.82) is 0 Å². The minimum Gasteiger partial charge on any atom is -0.298 e. The average molecular weight is 288 g/mol. The largest absolute Gasteiger partial charge is 0.298 e. The van der Waals surface area contributed by atoms with Crippen molar-refractivity contribution in [2.75, 3.05) is 13.1 Å². The zero-order valence-electron chi connectivity index (χ0n) is 9.42. The van der Waals surface area contributed by atoms with Crippen LogP contribution in [-0.2, 0) is 6.54 Å². The number of hydrogen-bond acceptors (Lipinski definition) is 2. The minimum absolute atomic E-state index is 0.562. The van der Waals surface area contributed by atoms with Crippen LogP contribution in [0.15, 0.2) is 15.9 Å². The summed E-state index contributed by atoms with van der Waals surface area (Å²) in [7, 11) is 0. The first-order valence-corrected chi connectivity index (χ1v) is 7.13. The fourth-order valence-electron chi connectivity index (χ4n) is 1.97. The molecule has 0 aromatic carbocycles. The molecule has 0 saturated carbocycles. The van der Waals surface area contributed by atoms with Crippen molar-refractivity contribution in [3.05, 3.63) is 20.8 Å². The highest BCUT2D eigenvalue weighted by Gasteiger charge is 2.25. The van der Waals surface area contributed by atoms with E-state index in [4.69, 9.17) is 0 Å². The van der Waals surface area contributed by atoms with Crippen molar-refractivity contribution >= 4 is 27.3 Å². The van der Waals surface area contributed by atoms with Gasteiger partial charge in [0.05, 0.1) is 3.79 Å². The molecule has 1 fully saturated rings. The first-order valence-electron chi connectivity index (χ1n) is 5.52. The summed E-state index contributed by atoms with van der Waals surface area (Å²) in [5.41, 5.74) is 0.562. The third kappa shape index (κ3) is 3.30. The second-order valence-electron chi connectivity index (χ2n) is 5.15. The van der Waals surface area contributed by atoms with Crippen molar-refractivity contribution in [2.45, 2.75) is 33.2 Å². The van der Waals surface area contributed by atoms with Gasteiger partial charge in [0, 0.05) is 11.4 Å². The van der Waals surface area contributed by atoms with Crippen molar-refractivity contribution in [3.8, 4) is 0 Å². The van der Waals surface area contributed by atoms with Crippen molar-refractivity contribution in [3.63, 3.8) is 0 Å². The predicted molar refractivity (Wildman–Crippen MR) is 70.3 cm³/mol. The van der Waals surface area contributed by atoms with Crippen LogP contribution in [-0.4, -0.2) is 18.0 Å². The Morgan fingerprint density at radius 3 is 2.53 bits per heavy atom. The van der Waals surface area contributed by atoms with Crippen LogP contribution < -0.4 is 0 Å². The van der Waals surface area contributed by atoms with Crippen LogP contribution in [0, 0.1) is 5.41 Å². The topological polar surface area (TPSA) is 3.24 Å². The predicted octanol–water partition coefficient (Wildman–Crippen LogP) is 4.13. The zero-order chi connectivity index (χ0) is 10.9. The molecule has 2 rings (SSSR count). The molecule has 3 heteroatoms. The fraction of sp³-hybridized carbons (Fsp3) is 0.667. The van der Waals surface area contributed by atoms with Gasteiger partial charge in [0.25, 0.3) is 0 Å². The van der Waals surface area contributed by atoms with Crippen LogP contribution in [0.2, 0.25) is 0 Å². The number of thiophene rings is 1. The van der Waals surface area contributed by atoms with Crippen molar-refractivity contribution < 1.29 is 0 Å². The van der Waals surface area contributed by atoms with E-state index in [2.05, 4.69) is 46.8 Å². The van der Waals surface area contributed by atoms with E-state index in [9.17, 15) is 0 Å². The van der Waals surface area contributed by atoms with Gasteiger partial charge in [0.1, 0.15) is 0 Å². The van der Waals surface area contributed by atoms with Gasteiger partial charge in [-0.1, -0.05) is 13.8 Å². The van der Waals surface area contributed by atoms with E-state index in [0.29, 0.717) is 5.41 Å². The minimum atomic E-state index is 0.562. The lowest BCUT2D eigenvalue weighted by molar-refractivity contribution is 0.128. The molecule has 0 aliphatic carbocycles. The summed E-state index contributed by atoms with van der Waals surface area (Å²) in [5.74, 6) is 0. The van der Waals surface area contributed by atoms with Crippen LogP contribution in [0.5, 0.6) is 0 Å². The van der Waals surface area contributed by atoms with E-state index >= 15 is 0 Å². The summed E-state index contributed by atoms with van der Waals surface area (Å²) in [4.78, 5) is 4.05. The smallest absolute Gasteiger partial charge is 0.0701 e. The molecule has 2 heterocycles. The van der Waals surface area contributed by atoms with E-state index in [1.54, 1.807) is 0 Å². The zero-order valence-corrected chi connectivity index (χ0v) is 11.8. The van der Waals surface area contributed by atoms with Gasteiger partial charge in [0.15, 0.2) is 0 Å². The molecular weight excluding hydrogens is 270 g/mol. The fourth-order valence-corrected chi connectivity index (χ4v) is 3.50. The lowest BCUT2D eigenvalue weighted by Gasteiger charge is -2.36. The Labute approximate surface area is 105 Å². The van der Waals surface area contributed by atoms with Gasteiger partial charge in [-0.25, -0.2) is 0 Å². The van der Waals surface area contributed by atoms with E-state index < -0.39 is 0 Å². The van der Waals surface area contributed by atoms with E-state index in [1.807, 2.05) is 11.3 Å². The standard InChI is InChI=1S/C12H18BrNS/c1-12(2)5-7-14(8-6-12)9-10-3-4-11(13)15-10/h3-4H,5-9H2,1-2H3. The van der Waals surface area contributed by atoms with E-state index in [-0.39, 0.29) is 0 Å². The summed E-state index contributed by atoms with van der Waals surface area (Å²) in [6.45, 7) is 8.40. The Morgan fingerprint density at radius 2 is 2.00 bits per heavy atom. The lowest BCUT2D eigenvalue weighted by Crippen LogP contribution is -2.36. The number of nitrogens with zero attached hydrogens (tertiary/aromatic N) is 1. The third-order valence-electron chi connectivity index (χ3n) is 3.22. The second kappa shape index (κ2) is 4.56. The molecule has 1 saturated heterocycles. The van der Waals surface area contributed by atoms with Crippen LogP contribution in [0.1, 0.15) is 31.6 Å². The van der Waals surface area contributed by atoms with Crippen LogP contribution in [0.3, 0.4) is 0 Å². The SMILES string of the molecule is CC1(C)CCN(Cc2ccc(Br)s2)CC1. The maximum absolute atomic E-state index is 3.52. The van der Waals surface area contributed by atoms with Crippen LogP contribution >= 0.6 is 27.3 Å². The number of piperidine rings is 1. The number of halogens is 1. The summed E-state index contributed by atoms with van der Waals surface area (Å²) >= 11 is 5.37. The number of hydrogen-bond donors (Lipinski definition) is 0. The molecule has 1 aliphatic heterocycles. The summed E-state index contributed by atoms with van der Waals surface area (Å²) in [6, 6.07) is 4.38. The highest BCUT2D eigenvalue weighted by molar-refractivity contribution is 9.11. The summed E-state index contributed by atoms with van der Waals surface area (Å²) in [6.07, 6.45) is 2.67. The van der Waals surface area contributed by atoms with Gasteiger partial charge < -0.3 is 0 Å². The lowest BCUT2D eigenvalue weighted by atomic mass is 9.83. The molecule has 0 atom stereocenters. The molecule has 1 aromatic rings. The highest BCUT2D eigenvalue weighted by Crippen LogP contribution is 2.31. The van der Waals surface area contributed by atoms with E-state index in [1.165, 1.54) is 34.6 Å². The van der Waals surface area contributed by atoms with Crippen molar-refractivity contribution in [1.82, 2.24) is 4.90 Å². The van der Waals surface area contributed by atoms with Gasteiger partial charge in [-0.2, -0.15) is 0 Å². The molecule has 1 nitrogen and oxygen atoms in total. The number of rotatable bonds is 2. The van der Waals surface area contributed by atoms with Crippen LogP contribution in [0.4, 0.5) is 0 Å². The van der Waals surface area contributed by atoms with Gasteiger partial charge in [-0.05, 0) is 59.4 Å². The molecule has 0 spiro atoms. The average Bonchev–Trinajstić information content (AvgIpc) is 2.55. The highest BCUT2D eigenvalue weighted by atomic mass is 79.9. The molecule has 0 radical (unpaired) electrons. The Balaban J connectivity index is 1.87. The molecule has 0 N–H and O–H groups in total. The quantitative estimate of drug-likeness (QED) is 0.791. The molecule has 1 aromatic heterocycles. The summed E-state index contributed by atoms with van der Waals surface area (Å²) < 4.78 is 1.25. The van der Waals surface area contributed by atoms with Gasteiger partial charge >= 0.3 is 0 Å². The van der Waals surface area contributed by atoms with E-state index in [0.717, 1.165) is 6.54 Å². The molecule has 84 valence electrons. The van der Waals surface area contributed by atoms with Crippen molar-refractivity contribution in [2.24, 2.45) is 5.41 Å². The Bertz CT molecular complexity index is 322. The Hall–Kier alpha value is 0.140. The normalized spacial score (nSPS) is 21.8. The van der Waals surface area contributed by atoms with Gasteiger partial charge in [-0.3, -0.25) is 4.90 Å². The maximum atomic E-state index is 3.52. The molecule has 1 aliphatic rings. The molecule has 0 unspecified atom stereocenters. The molecule has 0 amide bonds. The first-order chi connectivity index (χ1) is 7.05. The Kier molecular flexibility index (Phi) is 3.53. The third-order valence-corrected chi connectivity index (χ3v) is 4.83. The first kappa shape index (κ1) is 11.6.